The van der Waals surface area contributed by atoms with Crippen LogP contribution in [-0.4, -0.2) is 39.1 Å². The summed E-state index contributed by atoms with van der Waals surface area (Å²) in [6.45, 7) is 4.39. The van der Waals surface area contributed by atoms with Crippen LogP contribution < -0.4 is 4.74 Å². The molecule has 0 radical (unpaired) electrons. The van der Waals surface area contributed by atoms with Crippen LogP contribution in [0.3, 0.4) is 0 Å². The molecule has 5 rings (SSSR count). The number of nitrogens with zero attached hydrogens (tertiary/aromatic N) is 4. The Morgan fingerprint density at radius 3 is 2.41 bits per heavy atom. The molecule has 2 amide bonds. The molecule has 0 N–H and O–H groups in total. The maximum atomic E-state index is 13.8. The molecule has 0 spiro atoms. The minimum atomic E-state index is -0.480. The van der Waals surface area contributed by atoms with Gasteiger partial charge in [0, 0.05) is 28.9 Å². The van der Waals surface area contributed by atoms with Gasteiger partial charge < -0.3 is 4.74 Å². The zero-order valence-corrected chi connectivity index (χ0v) is 22.4. The number of carbonyl (C=O) groups excluding carboxylic acids is 2. The van der Waals surface area contributed by atoms with Crippen molar-refractivity contribution >= 4 is 17.9 Å². The molecule has 0 saturated heterocycles. The summed E-state index contributed by atoms with van der Waals surface area (Å²) in [5.41, 5.74) is 3.94. The van der Waals surface area contributed by atoms with Gasteiger partial charge in [-0.1, -0.05) is 44.4 Å². The zero-order chi connectivity index (χ0) is 27.4. The fraction of sp³-hybridized carbons (Fsp3) is 0.312. The van der Waals surface area contributed by atoms with Gasteiger partial charge in [-0.2, -0.15) is 10.4 Å². The number of rotatable bonds is 7. The lowest BCUT2D eigenvalue weighted by atomic mass is 9.88. The van der Waals surface area contributed by atoms with E-state index in [4.69, 9.17) is 9.84 Å². The molecule has 1 saturated carbocycles. The smallest absolute Gasteiger partial charge is 0.271 e. The van der Waals surface area contributed by atoms with Crippen molar-refractivity contribution in [3.05, 3.63) is 83.1 Å². The highest BCUT2D eigenvalue weighted by Crippen LogP contribution is 2.34. The number of aromatic nitrogens is 2. The van der Waals surface area contributed by atoms with Crippen molar-refractivity contribution < 1.29 is 14.3 Å². The third-order valence-electron chi connectivity index (χ3n) is 7.38. The minimum absolute atomic E-state index is 0.0286. The third kappa shape index (κ3) is 5.28. The summed E-state index contributed by atoms with van der Waals surface area (Å²) < 4.78 is 7.53. The Labute approximate surface area is 229 Å². The average molecular weight is 521 g/mol. The highest BCUT2D eigenvalue weighted by Gasteiger charge is 2.40. The number of amides is 2. The van der Waals surface area contributed by atoms with Crippen LogP contribution in [0.25, 0.3) is 23.0 Å². The van der Waals surface area contributed by atoms with Crippen LogP contribution in [0.4, 0.5) is 0 Å². The summed E-state index contributed by atoms with van der Waals surface area (Å²) in [6.07, 6.45) is 9.16. The number of para-hydroxylation sites is 1. The van der Waals surface area contributed by atoms with Crippen LogP contribution in [0.5, 0.6) is 5.75 Å². The standard InChI is InChI=1S/C32H32N4O3/c1-3-18-39-27-16-14-23(15-17-27)30-24(21-35(34-30)25-10-6-4-7-11-25)19-28-22(2)29(20-33)32(38)36(31(28)37)26-12-8-5-9-13-26/h4,6-7,10-11,14-17,19,21,26H,3,5,8-9,12-13,18H2,1-2H3/b28-19+. The first-order valence-electron chi connectivity index (χ1n) is 13.6. The molecule has 1 aliphatic carbocycles. The van der Waals surface area contributed by atoms with E-state index in [0.717, 1.165) is 61.1 Å². The van der Waals surface area contributed by atoms with Crippen LogP contribution in [0.2, 0.25) is 0 Å². The molecule has 2 aromatic carbocycles. The Kier molecular flexibility index (Phi) is 7.74. The second-order valence-corrected chi connectivity index (χ2v) is 10.0. The molecule has 39 heavy (non-hydrogen) atoms. The molecule has 7 nitrogen and oxygen atoms in total. The molecule has 2 heterocycles. The topological polar surface area (TPSA) is 88.2 Å². The number of nitriles is 1. The van der Waals surface area contributed by atoms with E-state index in [0.29, 0.717) is 23.4 Å². The average Bonchev–Trinajstić information content (AvgIpc) is 3.40. The first kappa shape index (κ1) is 26.2. The summed E-state index contributed by atoms with van der Waals surface area (Å²) in [5, 5.41) is 14.7. The van der Waals surface area contributed by atoms with Crippen LogP contribution >= 0.6 is 0 Å². The second kappa shape index (κ2) is 11.5. The fourth-order valence-electron chi connectivity index (χ4n) is 5.29. The fourth-order valence-corrected chi connectivity index (χ4v) is 5.29. The first-order chi connectivity index (χ1) is 19.0. The van der Waals surface area contributed by atoms with Gasteiger partial charge in [0.15, 0.2) is 0 Å². The molecule has 0 bridgehead atoms. The SMILES string of the molecule is CCCOc1ccc(-c2nn(-c3ccccc3)cc2/C=C2/C(=O)N(C3CCCCC3)C(=O)C(C#N)=C2C)cc1. The molecular formula is C32H32N4O3. The molecule has 1 aliphatic heterocycles. The summed E-state index contributed by atoms with van der Waals surface area (Å²) in [7, 11) is 0. The van der Waals surface area contributed by atoms with E-state index in [1.54, 1.807) is 17.7 Å². The lowest BCUT2D eigenvalue weighted by molar-refractivity contribution is -0.143. The number of benzene rings is 2. The van der Waals surface area contributed by atoms with Gasteiger partial charge in [0.2, 0.25) is 0 Å². The van der Waals surface area contributed by atoms with Crippen molar-refractivity contribution in [1.82, 2.24) is 14.7 Å². The predicted octanol–water partition coefficient (Wildman–Crippen LogP) is 6.25. The quantitative estimate of drug-likeness (QED) is 0.271. The molecule has 198 valence electrons. The third-order valence-corrected chi connectivity index (χ3v) is 7.38. The molecular weight excluding hydrogens is 488 g/mol. The summed E-state index contributed by atoms with van der Waals surface area (Å²) in [5.74, 6) is -0.0402. The van der Waals surface area contributed by atoms with E-state index in [2.05, 4.69) is 13.0 Å². The summed E-state index contributed by atoms with van der Waals surface area (Å²) in [6, 6.07) is 19.4. The summed E-state index contributed by atoms with van der Waals surface area (Å²) in [4.78, 5) is 28.4. The number of carbonyl (C=O) groups is 2. The monoisotopic (exact) mass is 520 g/mol. The Balaban J connectivity index is 1.62. The van der Waals surface area contributed by atoms with Crippen LogP contribution in [0, 0.1) is 11.3 Å². The second-order valence-electron chi connectivity index (χ2n) is 10.0. The Morgan fingerprint density at radius 2 is 1.74 bits per heavy atom. The normalized spacial score (nSPS) is 17.6. The van der Waals surface area contributed by atoms with E-state index >= 15 is 0 Å². The van der Waals surface area contributed by atoms with Crippen molar-refractivity contribution in [3.8, 4) is 28.8 Å². The highest BCUT2D eigenvalue weighted by atomic mass is 16.5. The first-order valence-corrected chi connectivity index (χ1v) is 13.6. The molecule has 0 atom stereocenters. The van der Waals surface area contributed by atoms with E-state index in [1.807, 2.05) is 60.8 Å². The van der Waals surface area contributed by atoms with E-state index in [-0.39, 0.29) is 17.5 Å². The van der Waals surface area contributed by atoms with E-state index < -0.39 is 5.91 Å². The maximum absolute atomic E-state index is 13.8. The van der Waals surface area contributed by atoms with Gasteiger partial charge in [-0.05, 0) is 74.2 Å². The van der Waals surface area contributed by atoms with Gasteiger partial charge >= 0.3 is 0 Å². The largest absolute Gasteiger partial charge is 0.494 e. The Hall–Kier alpha value is -4.44. The van der Waals surface area contributed by atoms with Crippen molar-refractivity contribution in [2.24, 2.45) is 0 Å². The maximum Gasteiger partial charge on any atom is 0.271 e. The lowest BCUT2D eigenvalue weighted by Gasteiger charge is -2.36. The van der Waals surface area contributed by atoms with Crippen molar-refractivity contribution in [2.75, 3.05) is 6.61 Å². The number of hydrogen-bond donors (Lipinski definition) is 0. The van der Waals surface area contributed by atoms with Gasteiger partial charge in [-0.15, -0.1) is 0 Å². The van der Waals surface area contributed by atoms with E-state index in [1.165, 1.54) is 4.90 Å². The zero-order valence-electron chi connectivity index (χ0n) is 22.4. The van der Waals surface area contributed by atoms with Crippen LogP contribution in [0.15, 0.2) is 77.5 Å². The predicted molar refractivity (Wildman–Crippen MR) is 150 cm³/mol. The van der Waals surface area contributed by atoms with Crippen molar-refractivity contribution in [2.45, 2.75) is 58.4 Å². The van der Waals surface area contributed by atoms with Gasteiger partial charge in [-0.25, -0.2) is 4.68 Å². The Bertz CT molecular complexity index is 1470. The number of imide groups is 1. The van der Waals surface area contributed by atoms with Gasteiger partial charge in [0.1, 0.15) is 17.4 Å². The highest BCUT2D eigenvalue weighted by molar-refractivity contribution is 6.20. The molecule has 3 aromatic rings. The van der Waals surface area contributed by atoms with Gasteiger partial charge in [0.05, 0.1) is 18.0 Å². The number of ether oxygens (including phenoxy) is 1. The van der Waals surface area contributed by atoms with Crippen LogP contribution in [0.1, 0.15) is 57.9 Å². The van der Waals surface area contributed by atoms with Crippen molar-refractivity contribution in [3.63, 3.8) is 0 Å². The molecule has 2 aliphatic rings. The number of hydrogen-bond acceptors (Lipinski definition) is 5. The van der Waals surface area contributed by atoms with Gasteiger partial charge in [-0.3, -0.25) is 14.5 Å². The Morgan fingerprint density at radius 1 is 1.03 bits per heavy atom. The molecule has 0 unspecified atom stereocenters. The molecule has 7 heteroatoms. The van der Waals surface area contributed by atoms with Crippen LogP contribution in [-0.2, 0) is 9.59 Å². The lowest BCUT2D eigenvalue weighted by Crippen LogP contribution is -2.49. The minimum Gasteiger partial charge on any atom is -0.494 e. The van der Waals surface area contributed by atoms with E-state index in [9.17, 15) is 14.9 Å². The molecule has 1 aromatic heterocycles. The van der Waals surface area contributed by atoms with Crippen molar-refractivity contribution in [1.29, 1.82) is 5.26 Å². The molecule has 1 fully saturated rings. The summed E-state index contributed by atoms with van der Waals surface area (Å²) >= 11 is 0. The van der Waals surface area contributed by atoms with Gasteiger partial charge in [0.25, 0.3) is 11.8 Å².